The highest BCUT2D eigenvalue weighted by Crippen LogP contribution is 2.27. The fourth-order valence-corrected chi connectivity index (χ4v) is 2.67. The van der Waals surface area contributed by atoms with Crippen LogP contribution in [-0.2, 0) is 4.79 Å². The van der Waals surface area contributed by atoms with Crippen molar-refractivity contribution in [3.05, 3.63) is 28.2 Å². The average Bonchev–Trinajstić information content (AvgIpc) is 2.78. The Morgan fingerprint density at radius 3 is 2.67 bits per heavy atom. The summed E-state index contributed by atoms with van der Waals surface area (Å²) < 4.78 is 27.0. The number of likely N-dealkylation sites (tertiary alicyclic amines) is 1. The number of urea groups is 1. The van der Waals surface area contributed by atoms with E-state index in [0.717, 1.165) is 17.0 Å². The van der Waals surface area contributed by atoms with E-state index < -0.39 is 29.7 Å². The van der Waals surface area contributed by atoms with E-state index in [0.29, 0.717) is 6.42 Å². The Balaban J connectivity index is 2.18. The molecular formula is C13H13BrF2N2O3. The molecule has 1 aromatic carbocycles. The minimum Gasteiger partial charge on any atom is -0.480 e. The Hall–Kier alpha value is -1.70. The number of carbonyl (C=O) groups is 2. The molecule has 8 heteroatoms. The third kappa shape index (κ3) is 3.15. The predicted molar refractivity (Wildman–Crippen MR) is 75.0 cm³/mol. The molecule has 1 fully saturated rings. The third-order valence-corrected chi connectivity index (χ3v) is 4.07. The minimum absolute atomic E-state index is 0.0591. The lowest BCUT2D eigenvalue weighted by molar-refractivity contribution is -0.142. The maximum Gasteiger partial charge on any atom is 0.326 e. The van der Waals surface area contributed by atoms with Crippen LogP contribution in [0.1, 0.15) is 13.3 Å². The molecule has 114 valence electrons. The summed E-state index contributed by atoms with van der Waals surface area (Å²) in [7, 11) is 0. The molecule has 1 saturated heterocycles. The second-order valence-electron chi connectivity index (χ2n) is 4.92. The van der Waals surface area contributed by atoms with Crippen molar-refractivity contribution >= 4 is 33.6 Å². The zero-order chi connectivity index (χ0) is 15.7. The van der Waals surface area contributed by atoms with Gasteiger partial charge in [0.05, 0.1) is 10.2 Å². The highest BCUT2D eigenvalue weighted by molar-refractivity contribution is 9.10. The van der Waals surface area contributed by atoms with Crippen molar-refractivity contribution < 1.29 is 23.5 Å². The number of nitrogens with zero attached hydrogens (tertiary/aromatic N) is 1. The second kappa shape index (κ2) is 5.97. The summed E-state index contributed by atoms with van der Waals surface area (Å²) in [6, 6.07) is 0.0134. The number of hydrogen-bond donors (Lipinski definition) is 2. The van der Waals surface area contributed by atoms with E-state index in [1.165, 1.54) is 0 Å². The van der Waals surface area contributed by atoms with Crippen LogP contribution in [-0.4, -0.2) is 34.6 Å². The van der Waals surface area contributed by atoms with Gasteiger partial charge in [-0.2, -0.15) is 0 Å². The fraction of sp³-hybridized carbons (Fsp3) is 0.385. The van der Waals surface area contributed by atoms with Gasteiger partial charge in [-0.1, -0.05) is 6.92 Å². The SMILES string of the molecule is CC1CCN(C(=O)Nc2cc(F)c(Br)cc2F)C1C(=O)O. The molecule has 0 spiro atoms. The van der Waals surface area contributed by atoms with Crippen LogP contribution in [0.4, 0.5) is 19.3 Å². The summed E-state index contributed by atoms with van der Waals surface area (Å²) in [5.74, 6) is -2.84. The summed E-state index contributed by atoms with van der Waals surface area (Å²) >= 11 is 2.83. The summed E-state index contributed by atoms with van der Waals surface area (Å²) in [4.78, 5) is 24.4. The van der Waals surface area contributed by atoms with Crippen molar-refractivity contribution in [2.24, 2.45) is 5.92 Å². The number of nitrogens with one attached hydrogen (secondary N) is 1. The maximum absolute atomic E-state index is 13.7. The van der Waals surface area contributed by atoms with Crippen LogP contribution >= 0.6 is 15.9 Å². The molecule has 1 aromatic rings. The molecule has 0 bridgehead atoms. The van der Waals surface area contributed by atoms with E-state index in [-0.39, 0.29) is 22.6 Å². The van der Waals surface area contributed by atoms with E-state index in [1.54, 1.807) is 6.92 Å². The van der Waals surface area contributed by atoms with Crippen LogP contribution in [0.2, 0.25) is 0 Å². The molecular weight excluding hydrogens is 350 g/mol. The molecule has 0 radical (unpaired) electrons. The van der Waals surface area contributed by atoms with Crippen molar-refractivity contribution in [2.45, 2.75) is 19.4 Å². The summed E-state index contributed by atoms with van der Waals surface area (Å²) in [6.07, 6.45) is 0.543. The standard InChI is InChI=1S/C13H13BrF2N2O3/c1-6-2-3-18(11(6)12(19)20)13(21)17-10-5-8(15)7(14)4-9(10)16/h4-6,11H,2-3H2,1H3,(H,17,21)(H,19,20). The van der Waals surface area contributed by atoms with Gasteiger partial charge in [0.15, 0.2) is 0 Å². The van der Waals surface area contributed by atoms with Crippen molar-refractivity contribution in [1.82, 2.24) is 4.90 Å². The third-order valence-electron chi connectivity index (χ3n) is 3.47. The first-order valence-electron chi connectivity index (χ1n) is 6.26. The van der Waals surface area contributed by atoms with Gasteiger partial charge in [-0.3, -0.25) is 0 Å². The summed E-state index contributed by atoms with van der Waals surface area (Å²) in [5, 5.41) is 11.4. The van der Waals surface area contributed by atoms with Gasteiger partial charge >= 0.3 is 12.0 Å². The Morgan fingerprint density at radius 1 is 1.38 bits per heavy atom. The topological polar surface area (TPSA) is 69.6 Å². The molecule has 1 aliphatic rings. The van der Waals surface area contributed by atoms with Gasteiger partial charge in [0, 0.05) is 12.6 Å². The second-order valence-corrected chi connectivity index (χ2v) is 5.77. The number of rotatable bonds is 2. The average molecular weight is 363 g/mol. The molecule has 5 nitrogen and oxygen atoms in total. The summed E-state index contributed by atoms with van der Waals surface area (Å²) in [5.41, 5.74) is -0.329. The Morgan fingerprint density at radius 2 is 2.05 bits per heavy atom. The van der Waals surface area contributed by atoms with E-state index in [1.807, 2.05) is 0 Å². The molecule has 0 aliphatic carbocycles. The molecule has 21 heavy (non-hydrogen) atoms. The van der Waals surface area contributed by atoms with E-state index in [9.17, 15) is 18.4 Å². The van der Waals surface area contributed by atoms with Gasteiger partial charge in [-0.05, 0) is 34.3 Å². The number of aliphatic carboxylic acids is 1. The zero-order valence-electron chi connectivity index (χ0n) is 11.1. The molecule has 2 amide bonds. The number of hydrogen-bond acceptors (Lipinski definition) is 2. The quantitative estimate of drug-likeness (QED) is 0.794. The van der Waals surface area contributed by atoms with E-state index in [4.69, 9.17) is 5.11 Å². The van der Waals surface area contributed by atoms with Gasteiger partial charge in [-0.25, -0.2) is 18.4 Å². The van der Waals surface area contributed by atoms with Crippen LogP contribution in [0.25, 0.3) is 0 Å². The number of benzene rings is 1. The van der Waals surface area contributed by atoms with Crippen molar-refractivity contribution in [1.29, 1.82) is 0 Å². The van der Waals surface area contributed by atoms with Crippen LogP contribution < -0.4 is 5.32 Å². The van der Waals surface area contributed by atoms with Crippen LogP contribution in [0, 0.1) is 17.6 Å². The molecule has 2 N–H and O–H groups in total. The first-order chi connectivity index (χ1) is 9.81. The smallest absolute Gasteiger partial charge is 0.326 e. The number of anilines is 1. The molecule has 2 unspecified atom stereocenters. The Labute approximate surface area is 128 Å². The monoisotopic (exact) mass is 362 g/mol. The van der Waals surface area contributed by atoms with Gasteiger partial charge in [0.1, 0.15) is 17.7 Å². The maximum atomic E-state index is 13.7. The lowest BCUT2D eigenvalue weighted by Gasteiger charge is -2.23. The van der Waals surface area contributed by atoms with Crippen molar-refractivity contribution in [3.63, 3.8) is 0 Å². The highest BCUT2D eigenvalue weighted by atomic mass is 79.9. The van der Waals surface area contributed by atoms with E-state index in [2.05, 4.69) is 21.2 Å². The Kier molecular flexibility index (Phi) is 4.46. The lowest BCUT2D eigenvalue weighted by Crippen LogP contribution is -2.44. The molecule has 2 rings (SSSR count). The molecule has 0 saturated carbocycles. The predicted octanol–water partition coefficient (Wildman–Crippen LogP) is 3.05. The number of carboxylic acid groups (broad SMARTS) is 1. The first-order valence-corrected chi connectivity index (χ1v) is 7.05. The number of carbonyl (C=O) groups excluding carboxylic acids is 1. The number of amides is 2. The first kappa shape index (κ1) is 15.7. The van der Waals surface area contributed by atoms with Crippen LogP contribution in [0.5, 0.6) is 0 Å². The van der Waals surface area contributed by atoms with Crippen LogP contribution in [0.3, 0.4) is 0 Å². The summed E-state index contributed by atoms with van der Waals surface area (Å²) in [6.45, 7) is 1.98. The van der Waals surface area contributed by atoms with Crippen molar-refractivity contribution in [2.75, 3.05) is 11.9 Å². The van der Waals surface area contributed by atoms with Gasteiger partial charge < -0.3 is 15.3 Å². The minimum atomic E-state index is -1.11. The van der Waals surface area contributed by atoms with Gasteiger partial charge in [-0.15, -0.1) is 0 Å². The lowest BCUT2D eigenvalue weighted by atomic mass is 10.0. The molecule has 2 atom stereocenters. The Bertz CT molecular complexity index is 597. The fourth-order valence-electron chi connectivity index (χ4n) is 2.36. The highest BCUT2D eigenvalue weighted by Gasteiger charge is 2.39. The van der Waals surface area contributed by atoms with Gasteiger partial charge in [0.25, 0.3) is 0 Å². The van der Waals surface area contributed by atoms with Gasteiger partial charge in [0.2, 0.25) is 0 Å². The number of halogens is 3. The largest absolute Gasteiger partial charge is 0.480 e. The zero-order valence-corrected chi connectivity index (χ0v) is 12.7. The molecule has 1 aliphatic heterocycles. The van der Waals surface area contributed by atoms with Crippen molar-refractivity contribution in [3.8, 4) is 0 Å². The van der Waals surface area contributed by atoms with Crippen LogP contribution in [0.15, 0.2) is 16.6 Å². The molecule has 1 heterocycles. The molecule has 0 aromatic heterocycles. The van der Waals surface area contributed by atoms with E-state index >= 15 is 0 Å². The normalized spacial score (nSPS) is 21.4. The number of carboxylic acids is 1.